The molecule has 0 bridgehead atoms. The Hall–Kier alpha value is -3.56. The molecular weight excluding hydrogens is 440 g/mol. The monoisotopic (exact) mass is 467 g/mol. The molecule has 2 aliphatic rings. The van der Waals surface area contributed by atoms with Gasteiger partial charge in [0.15, 0.2) is 0 Å². The summed E-state index contributed by atoms with van der Waals surface area (Å²) in [4.78, 5) is 29.7. The highest BCUT2D eigenvalue weighted by Crippen LogP contribution is 2.47. The topological polar surface area (TPSA) is 79.2 Å². The zero-order chi connectivity index (χ0) is 24.2. The van der Waals surface area contributed by atoms with E-state index >= 15 is 0 Å². The lowest BCUT2D eigenvalue weighted by Crippen LogP contribution is -2.38. The minimum atomic E-state index is -0.600. The first-order valence-electron chi connectivity index (χ1n) is 11.3. The molecule has 1 aromatic carbocycles. The van der Waals surface area contributed by atoms with E-state index in [1.165, 1.54) is 19.1 Å². The Balaban J connectivity index is 1.39. The number of carbonyl (C=O) groups is 1. The lowest BCUT2D eigenvalue weighted by atomic mass is 10.0. The van der Waals surface area contributed by atoms with E-state index in [0.717, 1.165) is 18.5 Å². The Morgan fingerprint density at radius 3 is 2.53 bits per heavy atom. The third-order valence-electron chi connectivity index (χ3n) is 6.72. The third kappa shape index (κ3) is 3.76. The van der Waals surface area contributed by atoms with Crippen molar-refractivity contribution in [3.8, 4) is 5.69 Å². The number of benzene rings is 1. The lowest BCUT2D eigenvalue weighted by Gasteiger charge is -2.25. The van der Waals surface area contributed by atoms with Gasteiger partial charge in [0, 0.05) is 31.5 Å². The first-order chi connectivity index (χ1) is 16.2. The molecule has 1 saturated heterocycles. The molecule has 1 aliphatic heterocycles. The van der Waals surface area contributed by atoms with Crippen LogP contribution in [0.2, 0.25) is 0 Å². The number of nitrogens with zero attached hydrogens (tertiary/aromatic N) is 6. The first kappa shape index (κ1) is 22.2. The molecule has 2 aromatic heterocycles. The van der Waals surface area contributed by atoms with Crippen LogP contribution in [0, 0.1) is 24.5 Å². The minimum Gasteiger partial charge on any atom is -0.343 e. The number of nitrogens with one attached hydrogen (secondary N) is 1. The third-order valence-corrected chi connectivity index (χ3v) is 6.72. The Bertz CT molecular complexity index is 1230. The van der Waals surface area contributed by atoms with E-state index in [4.69, 9.17) is 0 Å². The van der Waals surface area contributed by atoms with Crippen LogP contribution in [0.5, 0.6) is 0 Å². The molecule has 10 heteroatoms. The molecule has 2 fully saturated rings. The highest BCUT2D eigenvalue weighted by molar-refractivity contribution is 5.94. The number of carbonyl (C=O) groups excluding carboxylic acids is 1. The normalized spacial score (nSPS) is 19.3. The van der Waals surface area contributed by atoms with E-state index in [1.807, 2.05) is 0 Å². The van der Waals surface area contributed by atoms with Gasteiger partial charge < -0.3 is 14.8 Å². The summed E-state index contributed by atoms with van der Waals surface area (Å²) in [6, 6.07) is 4.27. The fourth-order valence-corrected chi connectivity index (χ4v) is 4.36. The summed E-state index contributed by atoms with van der Waals surface area (Å²) in [5.74, 6) is 0.0304. The fraction of sp³-hybridized carbons (Fsp3) is 0.417. The quantitative estimate of drug-likeness (QED) is 0.587. The van der Waals surface area contributed by atoms with Gasteiger partial charge in [-0.05, 0) is 43.9 Å². The molecule has 1 N–H and O–H groups in total. The van der Waals surface area contributed by atoms with E-state index in [2.05, 4.69) is 34.1 Å². The van der Waals surface area contributed by atoms with Crippen LogP contribution in [0.15, 0.2) is 36.9 Å². The summed E-state index contributed by atoms with van der Waals surface area (Å²) in [6.45, 7) is 6.23. The smallest absolute Gasteiger partial charge is 0.325 e. The van der Waals surface area contributed by atoms with Gasteiger partial charge in [-0.15, -0.1) is 0 Å². The predicted molar refractivity (Wildman–Crippen MR) is 124 cm³/mol. The number of anilines is 2. The molecule has 178 valence electrons. The molecule has 1 aliphatic carbocycles. The average Bonchev–Trinajstić information content (AvgIpc) is 3.26. The van der Waals surface area contributed by atoms with E-state index < -0.39 is 17.2 Å². The summed E-state index contributed by atoms with van der Waals surface area (Å²) < 4.78 is 29.7. The number of urea groups is 1. The number of likely N-dealkylation sites (N-methyl/N-ethyl adjacent to an activating group) is 1. The van der Waals surface area contributed by atoms with E-state index in [-0.39, 0.29) is 23.6 Å². The van der Waals surface area contributed by atoms with E-state index in [1.54, 1.807) is 46.2 Å². The lowest BCUT2D eigenvalue weighted by molar-refractivity contribution is 0.229. The van der Waals surface area contributed by atoms with Gasteiger partial charge in [-0.1, -0.05) is 13.8 Å². The van der Waals surface area contributed by atoms with Crippen molar-refractivity contribution in [1.29, 1.82) is 0 Å². The van der Waals surface area contributed by atoms with Gasteiger partial charge in [0.1, 0.15) is 17.5 Å². The van der Waals surface area contributed by atoms with Crippen LogP contribution in [0.1, 0.15) is 37.9 Å². The number of rotatable bonds is 6. The zero-order valence-corrected chi connectivity index (χ0v) is 19.6. The van der Waals surface area contributed by atoms with Crippen molar-refractivity contribution < 1.29 is 13.6 Å². The minimum absolute atomic E-state index is 0.0103. The van der Waals surface area contributed by atoms with Crippen molar-refractivity contribution in [2.24, 2.45) is 5.92 Å². The fourth-order valence-electron chi connectivity index (χ4n) is 4.36. The van der Waals surface area contributed by atoms with Crippen molar-refractivity contribution in [2.45, 2.75) is 45.2 Å². The first-order valence-corrected chi connectivity index (χ1v) is 11.3. The standard InChI is InChI=1S/C24H27F2N7O/c1-14(2)19-11-31(4)23(34)33(19)21-5-8-27-22(29-21)30-24(6-7-24)20-12-32(13-28-20)16-9-17(25)15(3)18(26)10-16/h5,8-10,12-14,19H,6-7,11H2,1-4H3,(H,27,29,30)/t19-/m1/s1. The molecule has 34 heavy (non-hydrogen) atoms. The molecule has 0 spiro atoms. The van der Waals surface area contributed by atoms with Crippen LogP contribution < -0.4 is 10.2 Å². The van der Waals surface area contributed by atoms with Crippen LogP contribution in [-0.2, 0) is 5.54 Å². The van der Waals surface area contributed by atoms with Crippen molar-refractivity contribution >= 4 is 17.8 Å². The molecule has 1 atom stereocenters. The summed E-state index contributed by atoms with van der Waals surface area (Å²) >= 11 is 0. The Morgan fingerprint density at radius 1 is 1.18 bits per heavy atom. The SMILES string of the molecule is Cc1c(F)cc(-n2cnc(C3(Nc4nccc(N5C(=O)N(C)C[C@@H]5C(C)C)n4)CC3)c2)cc1F. The summed E-state index contributed by atoms with van der Waals surface area (Å²) in [6.07, 6.45) is 6.58. The Kier molecular flexibility index (Phi) is 5.26. The zero-order valence-electron chi connectivity index (χ0n) is 19.6. The second-order valence-corrected chi connectivity index (χ2v) is 9.49. The average molecular weight is 468 g/mol. The molecule has 1 saturated carbocycles. The molecule has 0 radical (unpaired) electrons. The van der Waals surface area contributed by atoms with E-state index in [9.17, 15) is 13.6 Å². The van der Waals surface area contributed by atoms with Crippen LogP contribution in [0.4, 0.5) is 25.3 Å². The van der Waals surface area contributed by atoms with Gasteiger partial charge in [-0.3, -0.25) is 4.90 Å². The number of hydrogen-bond donors (Lipinski definition) is 1. The highest BCUT2D eigenvalue weighted by atomic mass is 19.1. The number of halogens is 2. The Morgan fingerprint density at radius 2 is 1.88 bits per heavy atom. The maximum atomic E-state index is 14.0. The van der Waals surface area contributed by atoms with Crippen LogP contribution in [0.25, 0.3) is 5.69 Å². The van der Waals surface area contributed by atoms with Crippen molar-refractivity contribution in [2.75, 3.05) is 23.8 Å². The molecule has 8 nitrogen and oxygen atoms in total. The van der Waals surface area contributed by atoms with E-state index in [0.29, 0.717) is 24.0 Å². The summed E-state index contributed by atoms with van der Waals surface area (Å²) in [5.41, 5.74) is 0.628. The molecule has 3 aromatic rings. The largest absolute Gasteiger partial charge is 0.343 e. The van der Waals surface area contributed by atoms with Crippen molar-refractivity contribution in [1.82, 2.24) is 24.4 Å². The molecule has 0 unspecified atom stereocenters. The summed E-state index contributed by atoms with van der Waals surface area (Å²) in [7, 11) is 1.79. The van der Waals surface area contributed by atoms with Crippen LogP contribution in [-0.4, -0.2) is 50.1 Å². The van der Waals surface area contributed by atoms with Gasteiger partial charge in [-0.2, -0.15) is 4.98 Å². The van der Waals surface area contributed by atoms with Crippen LogP contribution >= 0.6 is 0 Å². The molecular formula is C24H27F2N7O. The van der Waals surface area contributed by atoms with Gasteiger partial charge >= 0.3 is 6.03 Å². The number of amides is 2. The number of hydrogen-bond acceptors (Lipinski definition) is 5. The van der Waals surface area contributed by atoms with Gasteiger partial charge in [0.25, 0.3) is 0 Å². The van der Waals surface area contributed by atoms with Gasteiger partial charge in [0.2, 0.25) is 5.95 Å². The second kappa shape index (κ2) is 8.03. The molecule has 5 rings (SSSR count). The molecule has 2 amide bonds. The van der Waals surface area contributed by atoms with Crippen molar-refractivity contribution in [3.05, 3.63) is 59.8 Å². The Labute approximate surface area is 196 Å². The van der Waals surface area contributed by atoms with Crippen molar-refractivity contribution in [3.63, 3.8) is 0 Å². The second-order valence-electron chi connectivity index (χ2n) is 9.49. The highest BCUT2D eigenvalue weighted by Gasteiger charge is 2.47. The number of imidazole rings is 1. The van der Waals surface area contributed by atoms with Gasteiger partial charge in [-0.25, -0.2) is 23.5 Å². The number of aromatic nitrogens is 4. The molecule has 3 heterocycles. The maximum absolute atomic E-state index is 14.0. The summed E-state index contributed by atoms with van der Waals surface area (Å²) in [5, 5.41) is 3.38. The maximum Gasteiger partial charge on any atom is 0.325 e. The van der Waals surface area contributed by atoms with Gasteiger partial charge in [0.05, 0.1) is 29.3 Å². The predicted octanol–water partition coefficient (Wildman–Crippen LogP) is 4.25. The van der Waals surface area contributed by atoms with Crippen LogP contribution in [0.3, 0.4) is 0 Å².